The number of H-pyrrole nitrogens is 1. The van der Waals surface area contributed by atoms with E-state index in [4.69, 9.17) is 11.6 Å². The minimum absolute atomic E-state index is 0.670. The molecule has 3 aromatic rings. The van der Waals surface area contributed by atoms with Gasteiger partial charge in [0.1, 0.15) is 5.82 Å². The molecule has 0 aliphatic heterocycles. The zero-order valence-corrected chi connectivity index (χ0v) is 12.4. The lowest BCUT2D eigenvalue weighted by Gasteiger charge is -1.96. The minimum atomic E-state index is 0.670. The Morgan fingerprint density at radius 1 is 1.14 bits per heavy atom. The lowest BCUT2D eigenvalue weighted by atomic mass is 10.2. The van der Waals surface area contributed by atoms with E-state index in [0.29, 0.717) is 5.03 Å². The SMILES string of the molecule is CC=Cc1ccc2[nH]c(C=C(Cl)c3ccccc3)nc2c1. The number of halogens is 1. The van der Waals surface area contributed by atoms with Gasteiger partial charge >= 0.3 is 0 Å². The fourth-order valence-corrected chi connectivity index (χ4v) is 2.44. The molecule has 104 valence electrons. The maximum atomic E-state index is 6.34. The Morgan fingerprint density at radius 3 is 2.71 bits per heavy atom. The van der Waals surface area contributed by atoms with Crippen LogP contribution in [0.15, 0.2) is 54.6 Å². The summed E-state index contributed by atoms with van der Waals surface area (Å²) in [5, 5.41) is 0.670. The molecule has 0 aliphatic rings. The van der Waals surface area contributed by atoms with Crippen molar-refractivity contribution in [1.29, 1.82) is 0 Å². The van der Waals surface area contributed by atoms with Gasteiger partial charge in [0.05, 0.1) is 16.1 Å². The average Bonchev–Trinajstić information content (AvgIpc) is 2.90. The Bertz CT molecular complexity index is 814. The number of imidazole rings is 1. The van der Waals surface area contributed by atoms with Crippen molar-refractivity contribution in [3.8, 4) is 0 Å². The Kier molecular flexibility index (Phi) is 3.89. The summed E-state index contributed by atoms with van der Waals surface area (Å²) >= 11 is 6.34. The van der Waals surface area contributed by atoms with Crippen LogP contribution in [0.2, 0.25) is 0 Å². The standard InChI is InChI=1S/C18H15ClN2/c1-2-6-13-9-10-16-17(11-13)21-18(20-16)12-15(19)14-7-4-3-5-8-14/h2-12H,1H3,(H,20,21). The fourth-order valence-electron chi connectivity index (χ4n) is 2.21. The van der Waals surface area contributed by atoms with Gasteiger partial charge in [-0.25, -0.2) is 4.98 Å². The second kappa shape index (κ2) is 5.98. The highest BCUT2D eigenvalue weighted by atomic mass is 35.5. The first-order valence-corrected chi connectivity index (χ1v) is 7.19. The summed E-state index contributed by atoms with van der Waals surface area (Å²) in [6.07, 6.45) is 5.92. The van der Waals surface area contributed by atoms with E-state index < -0.39 is 0 Å². The van der Waals surface area contributed by atoms with E-state index in [0.717, 1.165) is 28.0 Å². The van der Waals surface area contributed by atoms with Gasteiger partial charge in [-0.05, 0) is 30.2 Å². The zero-order valence-electron chi connectivity index (χ0n) is 11.7. The van der Waals surface area contributed by atoms with Gasteiger partial charge in [-0.2, -0.15) is 0 Å². The first kappa shape index (κ1) is 13.7. The summed E-state index contributed by atoms with van der Waals surface area (Å²) in [6.45, 7) is 2.00. The third kappa shape index (κ3) is 3.06. The summed E-state index contributed by atoms with van der Waals surface area (Å²) in [4.78, 5) is 7.84. The summed E-state index contributed by atoms with van der Waals surface area (Å²) < 4.78 is 0. The van der Waals surface area contributed by atoms with Crippen LogP contribution in [0.3, 0.4) is 0 Å². The molecule has 1 heterocycles. The number of benzene rings is 2. The van der Waals surface area contributed by atoms with Crippen LogP contribution in [0.25, 0.3) is 28.2 Å². The highest BCUT2D eigenvalue weighted by Crippen LogP contribution is 2.22. The van der Waals surface area contributed by atoms with E-state index in [1.807, 2.05) is 55.5 Å². The Hall–Kier alpha value is -2.32. The van der Waals surface area contributed by atoms with Gasteiger partial charge in [-0.3, -0.25) is 0 Å². The molecule has 0 saturated heterocycles. The second-order valence-corrected chi connectivity index (χ2v) is 5.16. The van der Waals surface area contributed by atoms with E-state index in [1.54, 1.807) is 0 Å². The van der Waals surface area contributed by atoms with Crippen molar-refractivity contribution in [2.45, 2.75) is 6.92 Å². The first-order chi connectivity index (χ1) is 10.3. The number of fused-ring (bicyclic) bond motifs is 1. The van der Waals surface area contributed by atoms with Crippen LogP contribution in [-0.4, -0.2) is 9.97 Å². The lowest BCUT2D eigenvalue weighted by Crippen LogP contribution is -1.78. The maximum Gasteiger partial charge on any atom is 0.132 e. The molecule has 3 heteroatoms. The summed E-state index contributed by atoms with van der Waals surface area (Å²) in [7, 11) is 0. The molecule has 3 rings (SSSR count). The zero-order chi connectivity index (χ0) is 14.7. The van der Waals surface area contributed by atoms with Crippen molar-refractivity contribution in [3.63, 3.8) is 0 Å². The van der Waals surface area contributed by atoms with E-state index in [-0.39, 0.29) is 0 Å². The number of allylic oxidation sites excluding steroid dienone is 1. The molecular weight excluding hydrogens is 280 g/mol. The number of rotatable bonds is 3. The lowest BCUT2D eigenvalue weighted by molar-refractivity contribution is 1.29. The predicted octanol–water partition coefficient (Wildman–Crippen LogP) is 5.33. The van der Waals surface area contributed by atoms with Gasteiger partial charge in [0.15, 0.2) is 0 Å². The molecule has 0 unspecified atom stereocenters. The second-order valence-electron chi connectivity index (χ2n) is 4.76. The molecule has 0 bridgehead atoms. The normalized spacial score (nSPS) is 12.4. The molecule has 0 spiro atoms. The van der Waals surface area contributed by atoms with Crippen LogP contribution in [0, 0.1) is 0 Å². The molecule has 0 amide bonds. The highest BCUT2D eigenvalue weighted by Gasteiger charge is 2.03. The Labute approximate surface area is 128 Å². The minimum Gasteiger partial charge on any atom is -0.338 e. The molecule has 1 N–H and O–H groups in total. The fraction of sp³-hybridized carbons (Fsp3) is 0.0556. The average molecular weight is 295 g/mol. The Balaban J connectivity index is 1.98. The van der Waals surface area contributed by atoms with Crippen LogP contribution in [0.4, 0.5) is 0 Å². The van der Waals surface area contributed by atoms with Crippen molar-refractivity contribution in [3.05, 3.63) is 71.6 Å². The van der Waals surface area contributed by atoms with Crippen molar-refractivity contribution >= 4 is 39.8 Å². The van der Waals surface area contributed by atoms with Gasteiger partial charge in [0.2, 0.25) is 0 Å². The number of nitrogens with one attached hydrogen (secondary N) is 1. The predicted molar refractivity (Wildman–Crippen MR) is 91.0 cm³/mol. The van der Waals surface area contributed by atoms with Crippen molar-refractivity contribution in [2.24, 2.45) is 0 Å². The van der Waals surface area contributed by atoms with Gasteiger partial charge in [-0.1, -0.05) is 60.2 Å². The van der Waals surface area contributed by atoms with Gasteiger partial charge in [0, 0.05) is 6.08 Å². The molecule has 21 heavy (non-hydrogen) atoms. The van der Waals surface area contributed by atoms with Gasteiger partial charge in [0.25, 0.3) is 0 Å². The van der Waals surface area contributed by atoms with Crippen molar-refractivity contribution in [2.75, 3.05) is 0 Å². The smallest absolute Gasteiger partial charge is 0.132 e. The largest absolute Gasteiger partial charge is 0.338 e. The highest BCUT2D eigenvalue weighted by molar-refractivity contribution is 6.51. The summed E-state index contributed by atoms with van der Waals surface area (Å²) in [5.74, 6) is 0.761. The number of aromatic amines is 1. The number of hydrogen-bond acceptors (Lipinski definition) is 1. The summed E-state index contributed by atoms with van der Waals surface area (Å²) in [6, 6.07) is 16.0. The van der Waals surface area contributed by atoms with E-state index in [9.17, 15) is 0 Å². The molecule has 0 saturated carbocycles. The summed E-state index contributed by atoms with van der Waals surface area (Å²) in [5.41, 5.74) is 4.07. The topological polar surface area (TPSA) is 28.7 Å². The van der Waals surface area contributed by atoms with E-state index in [1.165, 1.54) is 0 Å². The molecule has 0 fully saturated rings. The van der Waals surface area contributed by atoms with Crippen LogP contribution in [0.1, 0.15) is 23.9 Å². The van der Waals surface area contributed by atoms with Crippen LogP contribution >= 0.6 is 11.6 Å². The third-order valence-corrected chi connectivity index (χ3v) is 3.52. The third-order valence-electron chi connectivity index (χ3n) is 3.20. The molecule has 0 atom stereocenters. The van der Waals surface area contributed by atoms with E-state index >= 15 is 0 Å². The molecule has 0 aliphatic carbocycles. The van der Waals surface area contributed by atoms with Crippen LogP contribution < -0.4 is 0 Å². The number of aromatic nitrogens is 2. The number of nitrogens with zero attached hydrogens (tertiary/aromatic N) is 1. The quantitative estimate of drug-likeness (QED) is 0.694. The maximum absolute atomic E-state index is 6.34. The van der Waals surface area contributed by atoms with Gasteiger partial charge in [-0.15, -0.1) is 0 Å². The molecule has 0 radical (unpaired) electrons. The van der Waals surface area contributed by atoms with Crippen molar-refractivity contribution < 1.29 is 0 Å². The molecular formula is C18H15ClN2. The van der Waals surface area contributed by atoms with Gasteiger partial charge < -0.3 is 4.98 Å². The first-order valence-electron chi connectivity index (χ1n) is 6.81. The van der Waals surface area contributed by atoms with Crippen molar-refractivity contribution in [1.82, 2.24) is 9.97 Å². The molecule has 1 aromatic heterocycles. The molecule has 2 aromatic carbocycles. The number of hydrogen-bond donors (Lipinski definition) is 1. The van der Waals surface area contributed by atoms with Crippen LogP contribution in [0.5, 0.6) is 0 Å². The van der Waals surface area contributed by atoms with E-state index in [2.05, 4.69) is 28.2 Å². The van der Waals surface area contributed by atoms with Crippen LogP contribution in [-0.2, 0) is 0 Å². The Morgan fingerprint density at radius 2 is 1.95 bits per heavy atom. The monoisotopic (exact) mass is 294 g/mol. The molecule has 2 nitrogen and oxygen atoms in total.